The van der Waals surface area contributed by atoms with Crippen LogP contribution >= 0.6 is 0 Å². The Hall–Kier alpha value is -0.0800. The van der Waals surface area contributed by atoms with E-state index >= 15 is 0 Å². The number of likely N-dealkylation sites (N-methyl/N-ethyl adjacent to an activating group) is 1. The van der Waals surface area contributed by atoms with Crippen molar-refractivity contribution in [1.82, 2.24) is 9.80 Å². The fraction of sp³-hybridized carbons (Fsp3) is 1.00. The van der Waals surface area contributed by atoms with Gasteiger partial charge in [0.25, 0.3) is 0 Å². The Morgan fingerprint density at radius 1 is 1.07 bits per heavy atom. The van der Waals surface area contributed by atoms with Gasteiger partial charge in [0.15, 0.2) is 0 Å². The predicted octanol–water partition coefficient (Wildman–Crippen LogP) is 2.94. The van der Waals surface area contributed by atoms with Gasteiger partial charge in [0.05, 0.1) is 6.67 Å². The van der Waals surface area contributed by atoms with Crippen molar-refractivity contribution < 1.29 is 0 Å². The number of hydrogen-bond donors (Lipinski definition) is 0. The Morgan fingerprint density at radius 3 is 2.33 bits per heavy atom. The van der Waals surface area contributed by atoms with Crippen LogP contribution in [0.2, 0.25) is 0 Å². The topological polar surface area (TPSA) is 6.48 Å². The molecule has 1 fully saturated rings. The van der Waals surface area contributed by atoms with Crippen molar-refractivity contribution in [2.24, 2.45) is 0 Å². The summed E-state index contributed by atoms with van der Waals surface area (Å²) in [6.07, 6.45) is 8.46. The van der Waals surface area contributed by atoms with Crippen LogP contribution in [0, 0.1) is 0 Å². The van der Waals surface area contributed by atoms with Crippen molar-refractivity contribution in [2.45, 2.75) is 58.4 Å². The predicted molar refractivity (Wildman–Crippen MR) is 67.0 cm³/mol. The van der Waals surface area contributed by atoms with E-state index in [1.807, 2.05) is 0 Å². The molecule has 90 valence electrons. The summed E-state index contributed by atoms with van der Waals surface area (Å²) in [5, 5.41) is 0. The number of nitrogens with zero attached hydrogens (tertiary/aromatic N) is 2. The molecule has 0 amide bonds. The summed E-state index contributed by atoms with van der Waals surface area (Å²) < 4.78 is 0. The average molecular weight is 212 g/mol. The van der Waals surface area contributed by atoms with Gasteiger partial charge in [0.1, 0.15) is 0 Å². The van der Waals surface area contributed by atoms with Gasteiger partial charge >= 0.3 is 0 Å². The smallest absolute Gasteiger partial charge is 0.0507 e. The van der Waals surface area contributed by atoms with E-state index in [-0.39, 0.29) is 0 Å². The first-order valence-corrected chi connectivity index (χ1v) is 6.66. The maximum atomic E-state index is 2.61. The molecule has 0 bridgehead atoms. The molecule has 1 heterocycles. The van der Waals surface area contributed by atoms with Gasteiger partial charge < -0.3 is 0 Å². The van der Waals surface area contributed by atoms with Gasteiger partial charge in [-0.3, -0.25) is 9.80 Å². The van der Waals surface area contributed by atoms with Crippen LogP contribution in [0.25, 0.3) is 0 Å². The first-order valence-electron chi connectivity index (χ1n) is 6.66. The Bertz CT molecular complexity index is 159. The molecule has 15 heavy (non-hydrogen) atoms. The van der Waals surface area contributed by atoms with Gasteiger partial charge in [-0.1, -0.05) is 39.0 Å². The van der Waals surface area contributed by atoms with Gasteiger partial charge in [-0.15, -0.1) is 0 Å². The summed E-state index contributed by atoms with van der Waals surface area (Å²) in [6, 6.07) is 0.769. The van der Waals surface area contributed by atoms with E-state index in [1.165, 1.54) is 58.3 Å². The van der Waals surface area contributed by atoms with E-state index in [0.717, 1.165) is 6.04 Å². The molecule has 0 aromatic rings. The highest BCUT2D eigenvalue weighted by molar-refractivity contribution is 4.76. The third-order valence-electron chi connectivity index (χ3n) is 3.42. The van der Waals surface area contributed by atoms with Gasteiger partial charge in [0.2, 0.25) is 0 Å². The maximum absolute atomic E-state index is 2.61. The highest BCUT2D eigenvalue weighted by Gasteiger charge is 2.23. The van der Waals surface area contributed by atoms with Crippen LogP contribution in [0.5, 0.6) is 0 Å². The molecule has 0 radical (unpaired) electrons. The minimum absolute atomic E-state index is 0.769. The molecule has 2 heteroatoms. The van der Waals surface area contributed by atoms with E-state index in [1.54, 1.807) is 0 Å². The molecule has 0 aliphatic carbocycles. The zero-order valence-corrected chi connectivity index (χ0v) is 10.8. The Morgan fingerprint density at radius 2 is 1.73 bits per heavy atom. The van der Waals surface area contributed by atoms with Gasteiger partial charge in [-0.05, 0) is 26.9 Å². The third-order valence-corrected chi connectivity index (χ3v) is 3.42. The first kappa shape index (κ1) is 13.0. The highest BCUT2D eigenvalue weighted by atomic mass is 15.4. The van der Waals surface area contributed by atoms with Crippen LogP contribution in [-0.4, -0.2) is 42.6 Å². The maximum Gasteiger partial charge on any atom is 0.0507 e. The fourth-order valence-electron chi connectivity index (χ4n) is 2.46. The van der Waals surface area contributed by atoms with Gasteiger partial charge in [-0.25, -0.2) is 0 Å². The van der Waals surface area contributed by atoms with Crippen LogP contribution in [0.15, 0.2) is 0 Å². The normalized spacial score (nSPS) is 23.8. The molecule has 1 unspecified atom stereocenters. The molecule has 1 atom stereocenters. The lowest BCUT2D eigenvalue weighted by atomic mass is 10.1. The van der Waals surface area contributed by atoms with Crippen molar-refractivity contribution >= 4 is 0 Å². The molecule has 1 rings (SSSR count). The highest BCUT2D eigenvalue weighted by Crippen LogP contribution is 2.13. The summed E-state index contributed by atoms with van der Waals surface area (Å²) in [6.45, 7) is 8.35. The van der Waals surface area contributed by atoms with Crippen LogP contribution in [0.3, 0.4) is 0 Å². The lowest BCUT2D eigenvalue weighted by Gasteiger charge is -2.19. The van der Waals surface area contributed by atoms with Crippen LogP contribution in [-0.2, 0) is 0 Å². The SMILES string of the molecule is CCCCCCCCN1CN(C)CC1C. The molecular formula is C13H28N2. The molecule has 1 saturated heterocycles. The van der Waals surface area contributed by atoms with E-state index in [4.69, 9.17) is 0 Å². The number of hydrogen-bond acceptors (Lipinski definition) is 2. The second-order valence-electron chi connectivity index (χ2n) is 5.11. The van der Waals surface area contributed by atoms with E-state index < -0.39 is 0 Å². The second-order valence-corrected chi connectivity index (χ2v) is 5.11. The minimum atomic E-state index is 0.769. The first-order chi connectivity index (χ1) is 7.24. The van der Waals surface area contributed by atoms with Crippen LogP contribution in [0.1, 0.15) is 52.4 Å². The van der Waals surface area contributed by atoms with Gasteiger partial charge in [0, 0.05) is 12.6 Å². The molecule has 1 aliphatic rings. The summed E-state index contributed by atoms with van der Waals surface area (Å²) in [7, 11) is 2.22. The lowest BCUT2D eigenvalue weighted by Crippen LogP contribution is -2.29. The summed E-state index contributed by atoms with van der Waals surface area (Å²) in [5.74, 6) is 0. The van der Waals surface area contributed by atoms with E-state index in [9.17, 15) is 0 Å². The standard InChI is InChI=1S/C13H28N2/c1-4-5-6-7-8-9-10-15-12-14(3)11-13(15)2/h13H,4-12H2,1-3H3. The quantitative estimate of drug-likeness (QED) is 0.599. The molecule has 0 saturated carbocycles. The second kappa shape index (κ2) is 7.24. The monoisotopic (exact) mass is 212 g/mol. The van der Waals surface area contributed by atoms with Crippen LogP contribution in [0.4, 0.5) is 0 Å². The number of unbranched alkanes of at least 4 members (excludes halogenated alkanes) is 5. The molecule has 0 aromatic heterocycles. The van der Waals surface area contributed by atoms with E-state index in [2.05, 4.69) is 30.7 Å². The lowest BCUT2D eigenvalue weighted by molar-refractivity contribution is 0.238. The third kappa shape index (κ3) is 4.98. The summed E-state index contributed by atoms with van der Waals surface area (Å²) in [4.78, 5) is 5.03. The fourth-order valence-corrected chi connectivity index (χ4v) is 2.46. The molecule has 1 aliphatic heterocycles. The largest absolute Gasteiger partial charge is 0.292 e. The molecule has 0 aromatic carbocycles. The Labute approximate surface area is 95.6 Å². The van der Waals surface area contributed by atoms with Crippen molar-refractivity contribution in [2.75, 3.05) is 26.8 Å². The van der Waals surface area contributed by atoms with Crippen molar-refractivity contribution in [3.63, 3.8) is 0 Å². The Balaban J connectivity index is 1.96. The molecule has 0 N–H and O–H groups in total. The molecule has 0 spiro atoms. The number of rotatable bonds is 7. The van der Waals surface area contributed by atoms with Crippen molar-refractivity contribution in [3.05, 3.63) is 0 Å². The van der Waals surface area contributed by atoms with Crippen molar-refractivity contribution in [3.8, 4) is 0 Å². The zero-order chi connectivity index (χ0) is 11.1. The average Bonchev–Trinajstić information content (AvgIpc) is 2.51. The van der Waals surface area contributed by atoms with Gasteiger partial charge in [-0.2, -0.15) is 0 Å². The summed E-state index contributed by atoms with van der Waals surface area (Å²) in [5.41, 5.74) is 0. The molecule has 2 nitrogen and oxygen atoms in total. The van der Waals surface area contributed by atoms with E-state index in [0.29, 0.717) is 0 Å². The Kier molecular flexibility index (Phi) is 6.26. The minimum Gasteiger partial charge on any atom is -0.292 e. The summed E-state index contributed by atoms with van der Waals surface area (Å²) >= 11 is 0. The van der Waals surface area contributed by atoms with Crippen molar-refractivity contribution in [1.29, 1.82) is 0 Å². The van der Waals surface area contributed by atoms with Crippen LogP contribution < -0.4 is 0 Å². The molecular weight excluding hydrogens is 184 g/mol. The zero-order valence-electron chi connectivity index (χ0n) is 10.8.